The molecule has 3 rings (SSSR count). The zero-order valence-corrected chi connectivity index (χ0v) is 19.1. The number of hydrogen-bond acceptors (Lipinski definition) is 3. The van der Waals surface area contributed by atoms with Crippen molar-refractivity contribution >= 4 is 29.9 Å². The van der Waals surface area contributed by atoms with Gasteiger partial charge in [0.05, 0.1) is 6.54 Å². The Morgan fingerprint density at radius 3 is 2.38 bits per heavy atom. The first-order chi connectivity index (χ1) is 12.3. The molecule has 0 unspecified atom stereocenters. The highest BCUT2D eigenvalue weighted by atomic mass is 127. The second-order valence-electron chi connectivity index (χ2n) is 8.17. The first kappa shape index (κ1) is 22.2. The van der Waals surface area contributed by atoms with Crippen molar-refractivity contribution in [1.82, 2.24) is 15.1 Å². The predicted octanol–water partition coefficient (Wildman–Crippen LogP) is 3.19. The van der Waals surface area contributed by atoms with Crippen molar-refractivity contribution in [1.29, 1.82) is 0 Å². The van der Waals surface area contributed by atoms with Crippen LogP contribution >= 0.6 is 24.0 Å². The summed E-state index contributed by atoms with van der Waals surface area (Å²) in [5, 5.41) is 3.47. The van der Waals surface area contributed by atoms with Gasteiger partial charge in [-0.3, -0.25) is 9.89 Å². The van der Waals surface area contributed by atoms with E-state index in [2.05, 4.69) is 29.1 Å². The third-order valence-corrected chi connectivity index (χ3v) is 5.81. The number of aliphatic imine (C=N–C) groups is 1. The molecule has 5 nitrogen and oxygen atoms in total. The van der Waals surface area contributed by atoms with Crippen molar-refractivity contribution in [2.24, 2.45) is 16.8 Å². The smallest absolute Gasteiger partial charge is 0.193 e. The van der Waals surface area contributed by atoms with Crippen LogP contribution in [-0.4, -0.2) is 74.8 Å². The van der Waals surface area contributed by atoms with Gasteiger partial charge in [-0.25, -0.2) is 0 Å². The average molecular weight is 478 g/mol. The Morgan fingerprint density at radius 2 is 1.77 bits per heavy atom. The number of nitrogens with zero attached hydrogens (tertiary/aromatic N) is 3. The van der Waals surface area contributed by atoms with E-state index in [1.807, 2.05) is 0 Å². The Morgan fingerprint density at radius 1 is 1.04 bits per heavy atom. The lowest BCUT2D eigenvalue weighted by Gasteiger charge is -2.27. The molecule has 0 atom stereocenters. The Kier molecular flexibility index (Phi) is 9.99. The van der Waals surface area contributed by atoms with E-state index in [4.69, 9.17) is 9.73 Å². The van der Waals surface area contributed by atoms with Gasteiger partial charge in [0.25, 0.3) is 0 Å². The van der Waals surface area contributed by atoms with Crippen molar-refractivity contribution in [2.75, 3.05) is 53.0 Å². The predicted molar refractivity (Wildman–Crippen MR) is 120 cm³/mol. The molecule has 1 saturated heterocycles. The number of hydrogen-bond donors (Lipinski definition) is 1. The highest BCUT2D eigenvalue weighted by Gasteiger charge is 2.33. The zero-order chi connectivity index (χ0) is 17.5. The standard InChI is InChI=1S/C20H38N4O.HI/c1-3-21-20(23(2)12-8-17-9-14-25-15-10-17)22-11-13-24(19-6-7-19)16-18-4-5-18;/h17-19H,3-16H2,1-2H3,(H,21,22);1H. The van der Waals surface area contributed by atoms with Gasteiger partial charge in [-0.15, -0.1) is 24.0 Å². The summed E-state index contributed by atoms with van der Waals surface area (Å²) < 4.78 is 5.47. The Bertz CT molecular complexity index is 420. The number of guanidine groups is 1. The van der Waals surface area contributed by atoms with Gasteiger partial charge >= 0.3 is 0 Å². The van der Waals surface area contributed by atoms with Gasteiger partial charge in [-0.1, -0.05) is 0 Å². The fourth-order valence-corrected chi connectivity index (χ4v) is 3.77. The summed E-state index contributed by atoms with van der Waals surface area (Å²) >= 11 is 0. The van der Waals surface area contributed by atoms with E-state index in [1.54, 1.807) is 0 Å². The number of halogens is 1. The average Bonchev–Trinajstić information content (AvgIpc) is 3.52. The van der Waals surface area contributed by atoms with Crippen LogP contribution in [-0.2, 0) is 4.74 Å². The summed E-state index contributed by atoms with van der Waals surface area (Å²) in [4.78, 5) is 9.94. The lowest BCUT2D eigenvalue weighted by Crippen LogP contribution is -2.41. The van der Waals surface area contributed by atoms with Gasteiger partial charge in [-0.2, -0.15) is 0 Å². The highest BCUT2D eigenvalue weighted by Crippen LogP contribution is 2.34. The van der Waals surface area contributed by atoms with Crippen LogP contribution in [0.4, 0.5) is 0 Å². The summed E-state index contributed by atoms with van der Waals surface area (Å²) in [6.45, 7) is 9.44. The maximum Gasteiger partial charge on any atom is 0.193 e. The fourth-order valence-electron chi connectivity index (χ4n) is 3.77. The maximum absolute atomic E-state index is 5.47. The van der Waals surface area contributed by atoms with E-state index < -0.39 is 0 Å². The molecule has 2 aliphatic carbocycles. The number of ether oxygens (including phenoxy) is 1. The van der Waals surface area contributed by atoms with Crippen LogP contribution in [0.5, 0.6) is 0 Å². The van der Waals surface area contributed by atoms with Gasteiger partial charge < -0.3 is 15.0 Å². The molecule has 0 radical (unpaired) electrons. The van der Waals surface area contributed by atoms with E-state index in [0.717, 1.165) is 63.2 Å². The molecular weight excluding hydrogens is 439 g/mol. The molecule has 1 heterocycles. The lowest BCUT2D eigenvalue weighted by atomic mass is 9.96. The number of rotatable bonds is 10. The fraction of sp³-hybridized carbons (Fsp3) is 0.950. The summed E-state index contributed by atoms with van der Waals surface area (Å²) in [6.07, 6.45) is 9.40. The van der Waals surface area contributed by atoms with E-state index in [-0.39, 0.29) is 24.0 Å². The molecule has 0 bridgehead atoms. The minimum Gasteiger partial charge on any atom is -0.381 e. The highest BCUT2D eigenvalue weighted by molar-refractivity contribution is 14.0. The third-order valence-electron chi connectivity index (χ3n) is 5.81. The van der Waals surface area contributed by atoms with Crippen molar-refractivity contribution < 1.29 is 4.74 Å². The van der Waals surface area contributed by atoms with Crippen LogP contribution < -0.4 is 5.32 Å². The van der Waals surface area contributed by atoms with Gasteiger partial charge in [0.2, 0.25) is 0 Å². The zero-order valence-electron chi connectivity index (χ0n) is 16.8. The normalized spacial score (nSPS) is 21.6. The molecule has 26 heavy (non-hydrogen) atoms. The van der Waals surface area contributed by atoms with Crippen LogP contribution in [0.25, 0.3) is 0 Å². The van der Waals surface area contributed by atoms with E-state index in [1.165, 1.54) is 51.5 Å². The van der Waals surface area contributed by atoms with E-state index in [9.17, 15) is 0 Å². The third kappa shape index (κ3) is 7.89. The molecule has 0 spiro atoms. The molecule has 1 aliphatic heterocycles. The monoisotopic (exact) mass is 478 g/mol. The molecule has 3 fully saturated rings. The van der Waals surface area contributed by atoms with Gasteiger partial charge in [-0.05, 0) is 63.7 Å². The Hall–Kier alpha value is -0.0800. The van der Waals surface area contributed by atoms with Crippen LogP contribution in [0.2, 0.25) is 0 Å². The SMILES string of the molecule is CCNC(=NCCN(CC1CC1)C1CC1)N(C)CCC1CCOCC1.I. The molecule has 0 aromatic heterocycles. The molecule has 0 aromatic rings. The molecule has 0 aromatic carbocycles. The molecule has 0 amide bonds. The summed E-state index contributed by atoms with van der Waals surface area (Å²) in [6, 6.07) is 0.865. The van der Waals surface area contributed by atoms with Crippen LogP contribution in [0.3, 0.4) is 0 Å². The van der Waals surface area contributed by atoms with Crippen LogP contribution in [0.1, 0.15) is 51.9 Å². The number of nitrogens with one attached hydrogen (secondary N) is 1. The largest absolute Gasteiger partial charge is 0.381 e. The molecule has 152 valence electrons. The van der Waals surface area contributed by atoms with Crippen LogP contribution in [0, 0.1) is 11.8 Å². The maximum atomic E-state index is 5.47. The van der Waals surface area contributed by atoms with Gasteiger partial charge in [0, 0.05) is 52.5 Å². The van der Waals surface area contributed by atoms with Crippen molar-refractivity contribution in [3.8, 4) is 0 Å². The molecule has 6 heteroatoms. The van der Waals surface area contributed by atoms with Crippen molar-refractivity contribution in [3.05, 3.63) is 0 Å². The van der Waals surface area contributed by atoms with Gasteiger partial charge in [0.1, 0.15) is 0 Å². The summed E-state index contributed by atoms with van der Waals surface area (Å²) in [5.74, 6) is 2.89. The minimum atomic E-state index is 0. The minimum absolute atomic E-state index is 0. The van der Waals surface area contributed by atoms with Crippen molar-refractivity contribution in [2.45, 2.75) is 57.9 Å². The Balaban J connectivity index is 0.00000243. The van der Waals surface area contributed by atoms with Crippen molar-refractivity contribution in [3.63, 3.8) is 0 Å². The molecule has 3 aliphatic rings. The summed E-state index contributed by atoms with van der Waals surface area (Å²) in [7, 11) is 2.18. The quantitative estimate of drug-likeness (QED) is 0.298. The first-order valence-corrected chi connectivity index (χ1v) is 10.6. The van der Waals surface area contributed by atoms with Gasteiger partial charge in [0.15, 0.2) is 5.96 Å². The molecular formula is C20H39IN4O. The molecule has 2 saturated carbocycles. The van der Waals surface area contributed by atoms with E-state index in [0.29, 0.717) is 0 Å². The molecule has 1 N–H and O–H groups in total. The lowest BCUT2D eigenvalue weighted by molar-refractivity contribution is 0.0625. The second-order valence-corrected chi connectivity index (χ2v) is 8.17. The summed E-state index contributed by atoms with van der Waals surface area (Å²) in [5.41, 5.74) is 0. The van der Waals surface area contributed by atoms with Crippen LogP contribution in [0.15, 0.2) is 4.99 Å². The first-order valence-electron chi connectivity index (χ1n) is 10.6. The Labute approximate surface area is 177 Å². The second kappa shape index (κ2) is 11.7. The van der Waals surface area contributed by atoms with E-state index >= 15 is 0 Å². The topological polar surface area (TPSA) is 40.1 Å².